The molecule has 1 aliphatic carbocycles. The predicted molar refractivity (Wildman–Crippen MR) is 107 cm³/mol. The Balaban J connectivity index is 1.33. The molecule has 1 saturated carbocycles. The Morgan fingerprint density at radius 3 is 2.76 bits per heavy atom. The van der Waals surface area contributed by atoms with Gasteiger partial charge in [0.25, 0.3) is 5.91 Å². The fraction of sp³-hybridized carbons (Fsp3) is 0.250. The summed E-state index contributed by atoms with van der Waals surface area (Å²) in [5, 5.41) is 21.0. The Morgan fingerprint density at radius 1 is 1.28 bits per heavy atom. The van der Waals surface area contributed by atoms with E-state index in [-0.39, 0.29) is 17.2 Å². The van der Waals surface area contributed by atoms with Crippen LogP contribution in [0.1, 0.15) is 35.3 Å². The average molecular weight is 390 g/mol. The molecule has 0 unspecified atom stereocenters. The monoisotopic (exact) mass is 390 g/mol. The molecule has 8 nitrogen and oxygen atoms in total. The van der Waals surface area contributed by atoms with Crippen LogP contribution in [0.25, 0.3) is 5.69 Å². The van der Waals surface area contributed by atoms with E-state index >= 15 is 0 Å². The van der Waals surface area contributed by atoms with E-state index in [1.807, 2.05) is 36.4 Å². The first-order chi connectivity index (χ1) is 14.1. The van der Waals surface area contributed by atoms with Crippen molar-refractivity contribution in [2.75, 3.05) is 12.4 Å². The molecular weight excluding hydrogens is 371 g/mol. The van der Waals surface area contributed by atoms with E-state index in [4.69, 9.17) is 9.39 Å². The summed E-state index contributed by atoms with van der Waals surface area (Å²) in [5.41, 5.74) is 2.91. The first kappa shape index (κ1) is 17.9. The standard InChI is InChI=1S/C20H19BN4O4/c1-28-15-6-4-14(5-7-15)25-12-18(23-24-25)19(26)22-13-3-8-16-17(11-13)21(27)29-20(16)9-2-10-20/h3-8,11-12,27H,2,9-10H2,1H3,(H,22,26). The summed E-state index contributed by atoms with van der Waals surface area (Å²) in [6, 6.07) is 12.8. The zero-order valence-electron chi connectivity index (χ0n) is 15.8. The van der Waals surface area contributed by atoms with Crippen molar-refractivity contribution in [3.63, 3.8) is 0 Å². The van der Waals surface area contributed by atoms with E-state index in [9.17, 15) is 9.82 Å². The second kappa shape index (κ2) is 6.72. The Kier molecular flexibility index (Phi) is 4.15. The molecule has 0 saturated heterocycles. The van der Waals surface area contributed by atoms with Gasteiger partial charge in [-0.15, -0.1) is 5.10 Å². The number of amides is 1. The first-order valence-electron chi connectivity index (χ1n) is 9.46. The lowest BCUT2D eigenvalue weighted by Crippen LogP contribution is -2.35. The molecule has 29 heavy (non-hydrogen) atoms. The van der Waals surface area contributed by atoms with E-state index < -0.39 is 7.12 Å². The summed E-state index contributed by atoms with van der Waals surface area (Å²) in [6.45, 7) is 0. The SMILES string of the molecule is COc1ccc(-n2cc(C(=O)Nc3ccc4c(c3)B(O)OC43CCC3)nn2)cc1. The van der Waals surface area contributed by atoms with Crippen molar-refractivity contribution in [1.82, 2.24) is 15.0 Å². The summed E-state index contributed by atoms with van der Waals surface area (Å²) >= 11 is 0. The number of fused-ring (bicyclic) bond motifs is 2. The maximum Gasteiger partial charge on any atom is 0.492 e. The quantitative estimate of drug-likeness (QED) is 0.657. The molecule has 3 aromatic rings. The third-order valence-corrected chi connectivity index (χ3v) is 5.63. The summed E-state index contributed by atoms with van der Waals surface area (Å²) < 4.78 is 12.4. The Hall–Kier alpha value is -3.17. The minimum Gasteiger partial charge on any atom is -0.497 e. The predicted octanol–water partition coefficient (Wildman–Crippen LogP) is 1.63. The number of carbonyl (C=O) groups is 1. The second-order valence-electron chi connectivity index (χ2n) is 7.32. The van der Waals surface area contributed by atoms with E-state index in [0.29, 0.717) is 11.2 Å². The number of benzene rings is 2. The van der Waals surface area contributed by atoms with Crippen LogP contribution < -0.4 is 15.5 Å². The molecule has 5 rings (SSSR count). The van der Waals surface area contributed by atoms with Crippen LogP contribution in [-0.2, 0) is 10.3 Å². The number of anilines is 1. The van der Waals surface area contributed by atoms with Gasteiger partial charge in [-0.2, -0.15) is 0 Å². The van der Waals surface area contributed by atoms with Crippen LogP contribution in [0.3, 0.4) is 0 Å². The van der Waals surface area contributed by atoms with Gasteiger partial charge in [0.05, 0.1) is 24.6 Å². The molecule has 0 radical (unpaired) electrons. The van der Waals surface area contributed by atoms with Gasteiger partial charge in [-0.1, -0.05) is 11.3 Å². The molecule has 2 aliphatic rings. The van der Waals surface area contributed by atoms with Crippen molar-refractivity contribution < 1.29 is 19.2 Å². The smallest absolute Gasteiger partial charge is 0.492 e. The lowest BCUT2D eigenvalue weighted by molar-refractivity contribution is -0.0152. The highest BCUT2D eigenvalue weighted by atomic mass is 16.5. The van der Waals surface area contributed by atoms with Gasteiger partial charge in [-0.25, -0.2) is 4.68 Å². The van der Waals surface area contributed by atoms with Crippen molar-refractivity contribution >= 4 is 24.2 Å². The van der Waals surface area contributed by atoms with Gasteiger partial charge in [0.15, 0.2) is 5.69 Å². The molecular formula is C20H19BN4O4. The summed E-state index contributed by atoms with van der Waals surface area (Å²) in [4.78, 5) is 12.6. The molecule has 9 heteroatoms. The molecule has 2 aromatic carbocycles. The molecule has 146 valence electrons. The molecule has 2 N–H and O–H groups in total. The Morgan fingerprint density at radius 2 is 2.07 bits per heavy atom. The molecule has 2 heterocycles. The van der Waals surface area contributed by atoms with Crippen LogP contribution in [0.4, 0.5) is 5.69 Å². The number of hydrogen-bond acceptors (Lipinski definition) is 6. The van der Waals surface area contributed by atoms with Crippen molar-refractivity contribution in [1.29, 1.82) is 0 Å². The van der Waals surface area contributed by atoms with E-state index in [1.165, 1.54) is 4.68 Å². The number of aromatic nitrogens is 3. The molecule has 0 bridgehead atoms. The minimum absolute atomic E-state index is 0.188. The van der Waals surface area contributed by atoms with Crippen LogP contribution in [0.15, 0.2) is 48.7 Å². The first-order valence-corrected chi connectivity index (χ1v) is 9.46. The van der Waals surface area contributed by atoms with Gasteiger partial charge in [0.2, 0.25) is 0 Å². The van der Waals surface area contributed by atoms with Crippen molar-refractivity contribution in [3.8, 4) is 11.4 Å². The molecule has 1 fully saturated rings. The Labute approximate surface area is 167 Å². The normalized spacial score (nSPS) is 16.4. The highest BCUT2D eigenvalue weighted by Gasteiger charge is 2.50. The largest absolute Gasteiger partial charge is 0.497 e. The number of nitrogens with one attached hydrogen (secondary N) is 1. The van der Waals surface area contributed by atoms with Gasteiger partial charge in [-0.3, -0.25) is 4.79 Å². The number of rotatable bonds is 4. The average Bonchev–Trinajstić information content (AvgIpc) is 3.31. The third kappa shape index (κ3) is 2.99. The van der Waals surface area contributed by atoms with E-state index in [0.717, 1.165) is 36.3 Å². The van der Waals surface area contributed by atoms with Gasteiger partial charge in [-0.05, 0) is 66.7 Å². The van der Waals surface area contributed by atoms with Crippen molar-refractivity contribution in [2.45, 2.75) is 24.9 Å². The fourth-order valence-corrected chi connectivity index (χ4v) is 3.91. The maximum absolute atomic E-state index is 12.6. The van der Waals surface area contributed by atoms with Crippen molar-refractivity contribution in [2.24, 2.45) is 0 Å². The number of carbonyl (C=O) groups excluding carboxylic acids is 1. The summed E-state index contributed by atoms with van der Waals surface area (Å²) in [6.07, 6.45) is 4.48. The van der Waals surface area contributed by atoms with E-state index in [1.54, 1.807) is 19.4 Å². The number of methoxy groups -OCH3 is 1. The molecule has 1 aromatic heterocycles. The minimum atomic E-state index is -0.960. The van der Waals surface area contributed by atoms with Gasteiger partial charge in [0, 0.05) is 5.69 Å². The molecule has 0 atom stereocenters. The van der Waals surface area contributed by atoms with Gasteiger partial charge < -0.3 is 19.7 Å². The van der Waals surface area contributed by atoms with Crippen LogP contribution >= 0.6 is 0 Å². The summed E-state index contributed by atoms with van der Waals surface area (Å²) in [5.74, 6) is 0.356. The van der Waals surface area contributed by atoms with Crippen LogP contribution in [-0.4, -0.2) is 40.2 Å². The highest BCUT2D eigenvalue weighted by Crippen LogP contribution is 2.47. The topological polar surface area (TPSA) is 98.5 Å². The summed E-state index contributed by atoms with van der Waals surface area (Å²) in [7, 11) is 0.640. The van der Waals surface area contributed by atoms with Crippen LogP contribution in [0, 0.1) is 0 Å². The lowest BCUT2D eigenvalue weighted by atomic mass is 9.72. The molecule has 1 amide bonds. The van der Waals surface area contributed by atoms with Gasteiger partial charge >= 0.3 is 7.12 Å². The second-order valence-corrected chi connectivity index (χ2v) is 7.32. The third-order valence-electron chi connectivity index (χ3n) is 5.63. The fourth-order valence-electron chi connectivity index (χ4n) is 3.91. The number of nitrogens with zero attached hydrogens (tertiary/aromatic N) is 3. The molecule has 1 aliphatic heterocycles. The zero-order valence-corrected chi connectivity index (χ0v) is 15.8. The van der Waals surface area contributed by atoms with Gasteiger partial charge in [0.1, 0.15) is 5.75 Å². The lowest BCUT2D eigenvalue weighted by Gasteiger charge is -2.39. The van der Waals surface area contributed by atoms with Crippen LogP contribution in [0.2, 0.25) is 0 Å². The molecule has 1 spiro atoms. The van der Waals surface area contributed by atoms with E-state index in [2.05, 4.69) is 15.6 Å². The number of ether oxygens (including phenoxy) is 1. The Bertz CT molecular complexity index is 1080. The maximum atomic E-state index is 12.6. The number of hydrogen-bond donors (Lipinski definition) is 2. The van der Waals surface area contributed by atoms with Crippen LogP contribution in [0.5, 0.6) is 5.75 Å². The highest BCUT2D eigenvalue weighted by molar-refractivity contribution is 6.62. The zero-order chi connectivity index (χ0) is 20.0. The van der Waals surface area contributed by atoms with Crippen molar-refractivity contribution in [3.05, 3.63) is 59.9 Å².